The van der Waals surface area contributed by atoms with Crippen molar-refractivity contribution >= 4 is 15.9 Å². The molecule has 1 aromatic rings. The molecule has 2 heterocycles. The van der Waals surface area contributed by atoms with Gasteiger partial charge in [0.25, 0.3) is 0 Å². The van der Waals surface area contributed by atoms with E-state index in [2.05, 4.69) is 44.7 Å². The van der Waals surface area contributed by atoms with Crippen molar-refractivity contribution in [2.75, 3.05) is 25.5 Å². The molecule has 1 unspecified atom stereocenters. The van der Waals surface area contributed by atoms with Gasteiger partial charge in [-0.15, -0.1) is 0 Å². The smallest absolute Gasteiger partial charge is 0.138 e. The summed E-state index contributed by atoms with van der Waals surface area (Å²) in [5, 5.41) is 1.05. The number of hydrogen-bond donors (Lipinski definition) is 0. The van der Waals surface area contributed by atoms with E-state index in [0.717, 1.165) is 36.1 Å². The molecule has 1 fully saturated rings. The SMILES string of the molecule is CN1CCCC1COc1cncc(C#CCCCCBr)c1. The summed E-state index contributed by atoms with van der Waals surface area (Å²) in [5.41, 5.74) is 0.936. The molecule has 0 radical (unpaired) electrons. The van der Waals surface area contributed by atoms with Crippen molar-refractivity contribution in [1.29, 1.82) is 0 Å². The Kier molecular flexibility index (Phi) is 7.05. The first kappa shape index (κ1) is 16.3. The zero-order valence-electron chi connectivity index (χ0n) is 12.6. The quantitative estimate of drug-likeness (QED) is 0.446. The van der Waals surface area contributed by atoms with E-state index in [1.165, 1.54) is 25.8 Å². The minimum absolute atomic E-state index is 0.531. The van der Waals surface area contributed by atoms with Crippen LogP contribution in [-0.4, -0.2) is 41.5 Å². The summed E-state index contributed by atoms with van der Waals surface area (Å²) in [5.74, 6) is 7.18. The maximum absolute atomic E-state index is 5.87. The maximum atomic E-state index is 5.87. The molecule has 0 saturated carbocycles. The van der Waals surface area contributed by atoms with Crippen LogP contribution in [0, 0.1) is 11.8 Å². The lowest BCUT2D eigenvalue weighted by Crippen LogP contribution is -2.30. The molecule has 21 heavy (non-hydrogen) atoms. The highest BCUT2D eigenvalue weighted by Gasteiger charge is 2.21. The predicted octanol–water partition coefficient (Wildman–Crippen LogP) is 3.47. The van der Waals surface area contributed by atoms with Gasteiger partial charge in [0.2, 0.25) is 0 Å². The van der Waals surface area contributed by atoms with Gasteiger partial charge in [0.15, 0.2) is 0 Å². The Balaban J connectivity index is 1.82. The lowest BCUT2D eigenvalue weighted by molar-refractivity contribution is 0.198. The Labute approximate surface area is 136 Å². The number of halogens is 1. The highest BCUT2D eigenvalue weighted by atomic mass is 79.9. The fourth-order valence-corrected chi connectivity index (χ4v) is 2.82. The standard InChI is InChI=1S/C17H23BrN2O/c1-20-10-6-8-16(20)14-21-17-11-15(12-19-13-17)7-4-2-3-5-9-18/h11-13,16H,2-3,5-6,8-10,14H2,1H3. The first-order valence-electron chi connectivity index (χ1n) is 7.62. The Morgan fingerprint density at radius 2 is 2.33 bits per heavy atom. The fourth-order valence-electron chi connectivity index (χ4n) is 2.42. The molecule has 0 spiro atoms. The molecule has 0 bridgehead atoms. The van der Waals surface area contributed by atoms with Crippen molar-refractivity contribution in [3.63, 3.8) is 0 Å². The molecule has 1 saturated heterocycles. The average Bonchev–Trinajstić information content (AvgIpc) is 2.91. The summed E-state index contributed by atoms with van der Waals surface area (Å²) in [4.78, 5) is 6.58. The number of rotatable bonds is 6. The lowest BCUT2D eigenvalue weighted by atomic mass is 10.2. The summed E-state index contributed by atoms with van der Waals surface area (Å²) in [6, 6.07) is 2.52. The van der Waals surface area contributed by atoms with Crippen LogP contribution in [0.1, 0.15) is 37.7 Å². The molecule has 0 amide bonds. The van der Waals surface area contributed by atoms with Crippen molar-refractivity contribution < 1.29 is 4.74 Å². The molecule has 4 heteroatoms. The number of ether oxygens (including phenoxy) is 1. The van der Waals surface area contributed by atoms with Crippen LogP contribution in [0.3, 0.4) is 0 Å². The summed E-state index contributed by atoms with van der Waals surface area (Å²) < 4.78 is 5.87. The van der Waals surface area contributed by atoms with E-state index >= 15 is 0 Å². The number of aromatic nitrogens is 1. The second kappa shape index (κ2) is 9.07. The number of pyridine rings is 1. The number of nitrogens with zero attached hydrogens (tertiary/aromatic N) is 2. The summed E-state index contributed by atoms with van der Waals surface area (Å²) in [7, 11) is 2.16. The minimum atomic E-state index is 0.531. The van der Waals surface area contributed by atoms with Crippen molar-refractivity contribution in [3.8, 4) is 17.6 Å². The van der Waals surface area contributed by atoms with Crippen LogP contribution < -0.4 is 4.74 Å². The molecule has 2 rings (SSSR count). The average molecular weight is 351 g/mol. The minimum Gasteiger partial charge on any atom is -0.490 e. The van der Waals surface area contributed by atoms with Gasteiger partial charge in [0.05, 0.1) is 6.20 Å². The molecule has 0 aliphatic carbocycles. The van der Waals surface area contributed by atoms with Crippen LogP contribution >= 0.6 is 15.9 Å². The van der Waals surface area contributed by atoms with Gasteiger partial charge in [-0.1, -0.05) is 27.8 Å². The van der Waals surface area contributed by atoms with Crippen LogP contribution in [0.5, 0.6) is 5.75 Å². The monoisotopic (exact) mass is 350 g/mol. The van der Waals surface area contributed by atoms with Gasteiger partial charge < -0.3 is 9.64 Å². The molecule has 1 atom stereocenters. The Hall–Kier alpha value is -1.05. The topological polar surface area (TPSA) is 25.4 Å². The molecule has 114 valence electrons. The summed E-state index contributed by atoms with van der Waals surface area (Å²) in [6.45, 7) is 1.91. The number of alkyl halides is 1. The zero-order chi connectivity index (χ0) is 14.9. The summed E-state index contributed by atoms with van der Waals surface area (Å²) >= 11 is 3.43. The van der Waals surface area contributed by atoms with Crippen molar-refractivity contribution in [1.82, 2.24) is 9.88 Å². The maximum Gasteiger partial charge on any atom is 0.138 e. The molecule has 0 aromatic carbocycles. The second-order valence-corrected chi connectivity index (χ2v) is 6.24. The van der Waals surface area contributed by atoms with Gasteiger partial charge in [-0.05, 0) is 45.3 Å². The molecule has 3 nitrogen and oxygen atoms in total. The molecule has 1 aliphatic rings. The van der Waals surface area contributed by atoms with E-state index in [4.69, 9.17) is 4.74 Å². The Bertz CT molecular complexity index is 495. The first-order valence-corrected chi connectivity index (χ1v) is 8.74. The number of likely N-dealkylation sites (tertiary alicyclic amines) is 1. The molecule has 1 aliphatic heterocycles. The molecule has 1 aromatic heterocycles. The Morgan fingerprint density at radius 1 is 1.43 bits per heavy atom. The Morgan fingerprint density at radius 3 is 3.10 bits per heavy atom. The van der Waals surface area contributed by atoms with Gasteiger partial charge in [-0.3, -0.25) is 4.98 Å². The van der Waals surface area contributed by atoms with E-state index in [1.807, 2.05) is 6.07 Å². The third-order valence-electron chi connectivity index (χ3n) is 3.75. The van der Waals surface area contributed by atoms with E-state index in [0.29, 0.717) is 6.04 Å². The highest BCUT2D eigenvalue weighted by molar-refractivity contribution is 9.09. The van der Waals surface area contributed by atoms with Gasteiger partial charge in [0, 0.05) is 29.6 Å². The highest BCUT2D eigenvalue weighted by Crippen LogP contribution is 2.17. The zero-order valence-corrected chi connectivity index (χ0v) is 14.2. The number of unbranched alkanes of at least 4 members (excludes halogenated alkanes) is 2. The van der Waals surface area contributed by atoms with E-state index in [9.17, 15) is 0 Å². The van der Waals surface area contributed by atoms with E-state index in [1.54, 1.807) is 12.4 Å². The second-order valence-electron chi connectivity index (χ2n) is 5.44. The van der Waals surface area contributed by atoms with Crippen LogP contribution in [-0.2, 0) is 0 Å². The molecular weight excluding hydrogens is 328 g/mol. The van der Waals surface area contributed by atoms with Gasteiger partial charge in [-0.25, -0.2) is 0 Å². The number of likely N-dealkylation sites (N-methyl/N-ethyl adjacent to an activating group) is 1. The summed E-state index contributed by atoms with van der Waals surface area (Å²) in [6.07, 6.45) is 9.29. The first-order chi connectivity index (χ1) is 10.3. The van der Waals surface area contributed by atoms with Gasteiger partial charge in [0.1, 0.15) is 12.4 Å². The third kappa shape index (κ3) is 5.68. The lowest BCUT2D eigenvalue weighted by Gasteiger charge is -2.19. The normalized spacial score (nSPS) is 18.3. The van der Waals surface area contributed by atoms with E-state index < -0.39 is 0 Å². The van der Waals surface area contributed by atoms with Gasteiger partial charge >= 0.3 is 0 Å². The van der Waals surface area contributed by atoms with Gasteiger partial charge in [-0.2, -0.15) is 0 Å². The predicted molar refractivity (Wildman–Crippen MR) is 89.9 cm³/mol. The van der Waals surface area contributed by atoms with E-state index in [-0.39, 0.29) is 0 Å². The molecular formula is C17H23BrN2O. The molecule has 0 N–H and O–H groups in total. The third-order valence-corrected chi connectivity index (χ3v) is 4.31. The largest absolute Gasteiger partial charge is 0.490 e. The fraction of sp³-hybridized carbons (Fsp3) is 0.588. The van der Waals surface area contributed by atoms with Crippen molar-refractivity contribution in [2.45, 2.75) is 38.1 Å². The number of hydrogen-bond acceptors (Lipinski definition) is 3. The van der Waals surface area contributed by atoms with Crippen LogP contribution in [0.2, 0.25) is 0 Å². The van der Waals surface area contributed by atoms with Crippen LogP contribution in [0.4, 0.5) is 0 Å². The van der Waals surface area contributed by atoms with Crippen molar-refractivity contribution in [2.24, 2.45) is 0 Å². The van der Waals surface area contributed by atoms with Crippen molar-refractivity contribution in [3.05, 3.63) is 24.0 Å². The van der Waals surface area contributed by atoms with Crippen LogP contribution in [0.25, 0.3) is 0 Å². The van der Waals surface area contributed by atoms with Crippen LogP contribution in [0.15, 0.2) is 18.5 Å².